The Hall–Kier alpha value is -5.54. The van der Waals surface area contributed by atoms with E-state index >= 15 is 0 Å². The largest absolute Gasteiger partial charge is 2.00 e. The maximum atomic E-state index is 9.57. The van der Waals surface area contributed by atoms with Crippen LogP contribution in [0.25, 0.3) is 43.8 Å². The third kappa shape index (κ3) is 14.7. The first kappa shape index (κ1) is 52.1. The Morgan fingerprint density at radius 2 is 0.738 bits per heavy atom. The maximum Gasteiger partial charge on any atom is 2.00 e. The van der Waals surface area contributed by atoms with E-state index in [2.05, 4.69) is 199 Å². The summed E-state index contributed by atoms with van der Waals surface area (Å²) < 4.78 is 0. The standard InChI is InChI=1S/2C16H13.2C11H16O.C7H7Si.Zr/c2*1-12-11-14-9-5-6-10-15(14)16(12)13-7-3-2-4-8-13;2*1-8-5-6-10(12)9(7-8)11(2,3)4;8-6-7-4-2-1-3-5-7;/h2*2-11H,1H3;2*5-7,12H,1-4H3;1-5H,6H2;/q2*-1;;;;+2. The Morgan fingerprint density at radius 1 is 0.415 bits per heavy atom. The second-order valence-electron chi connectivity index (χ2n) is 18.5. The number of rotatable bonds is 3. The van der Waals surface area contributed by atoms with E-state index < -0.39 is 0 Å². The second-order valence-corrected chi connectivity index (χ2v) is 18.9. The topological polar surface area (TPSA) is 40.5 Å². The van der Waals surface area contributed by atoms with Gasteiger partial charge in [-0.05, 0) is 54.0 Å². The minimum atomic E-state index is 0. The number of aryl methyl sites for hydroxylation is 4. The molecule has 0 aliphatic heterocycles. The van der Waals surface area contributed by atoms with E-state index in [0.717, 1.165) is 17.2 Å². The van der Waals surface area contributed by atoms with Crippen LogP contribution < -0.4 is 0 Å². The van der Waals surface area contributed by atoms with Gasteiger partial charge in [-0.15, -0.1) is 70.8 Å². The molecular formula is C61H65O2SiZr. The van der Waals surface area contributed by atoms with Gasteiger partial charge in [-0.1, -0.05) is 232 Å². The molecule has 0 aliphatic carbocycles. The summed E-state index contributed by atoms with van der Waals surface area (Å²) in [5, 5.41) is 24.5. The smallest absolute Gasteiger partial charge is 0.508 e. The number of phenolic OH excluding ortho intramolecular Hbond substituents is 2. The van der Waals surface area contributed by atoms with Crippen molar-refractivity contribution in [1.29, 1.82) is 0 Å². The molecule has 0 saturated carbocycles. The predicted octanol–water partition coefficient (Wildman–Crippen LogP) is 16.4. The molecule has 0 amide bonds. The average molecular weight is 949 g/mol. The number of fused-ring (bicyclic) bond motifs is 2. The molecule has 3 radical (unpaired) electrons. The Balaban J connectivity index is 0.000000181. The molecule has 0 aromatic heterocycles. The normalized spacial score (nSPS) is 10.8. The van der Waals surface area contributed by atoms with E-state index in [1.807, 2.05) is 56.3 Å². The summed E-state index contributed by atoms with van der Waals surface area (Å²) >= 11 is 0. The van der Waals surface area contributed by atoms with Crippen molar-refractivity contribution in [3.8, 4) is 33.8 Å². The van der Waals surface area contributed by atoms with Crippen LogP contribution in [0.1, 0.15) is 80.5 Å². The van der Waals surface area contributed by atoms with Crippen LogP contribution in [0.2, 0.25) is 0 Å². The Morgan fingerprint density at radius 3 is 1.05 bits per heavy atom. The molecule has 2 N–H and O–H groups in total. The molecule has 9 aromatic carbocycles. The molecule has 4 heteroatoms. The number of benzene rings is 7. The molecule has 0 atom stereocenters. The van der Waals surface area contributed by atoms with Crippen LogP contribution in [0.4, 0.5) is 0 Å². The van der Waals surface area contributed by atoms with Gasteiger partial charge >= 0.3 is 26.2 Å². The van der Waals surface area contributed by atoms with E-state index in [9.17, 15) is 10.2 Å². The van der Waals surface area contributed by atoms with Crippen LogP contribution >= 0.6 is 0 Å². The van der Waals surface area contributed by atoms with Crippen molar-refractivity contribution >= 4 is 31.8 Å². The number of hydrogen-bond donors (Lipinski definition) is 2. The van der Waals surface area contributed by atoms with Gasteiger partial charge in [0.25, 0.3) is 0 Å². The molecule has 329 valence electrons. The molecule has 0 spiro atoms. The quantitative estimate of drug-likeness (QED) is 0.137. The molecule has 0 bridgehead atoms. The summed E-state index contributed by atoms with van der Waals surface area (Å²) in [6.07, 6.45) is 0. The number of aromatic hydroxyl groups is 2. The van der Waals surface area contributed by atoms with Gasteiger partial charge in [-0.2, -0.15) is 0 Å². The van der Waals surface area contributed by atoms with Crippen molar-refractivity contribution in [2.45, 2.75) is 86.1 Å². The third-order valence-electron chi connectivity index (χ3n) is 11.1. The second kappa shape index (κ2) is 24.1. The van der Waals surface area contributed by atoms with Crippen LogP contribution in [0.15, 0.2) is 188 Å². The molecular weight excluding hydrogens is 884 g/mol. The number of phenols is 2. The minimum absolute atomic E-state index is 0. The fraction of sp³-hybridized carbons (Fsp3) is 0.213. The molecule has 9 rings (SSSR count). The SMILES string of the molecule is Cc1cc2ccccc2[c-]1-c1ccccc1.Cc1cc2ccccc2[c-]1-c1ccccc1.Cc1ccc(O)c(C(C)(C)C)c1.Cc1ccc(O)c(C(C)(C)C)c1.[Si]Cc1ccccc1.[Zr+2]. The van der Waals surface area contributed by atoms with Crippen LogP contribution in [0.3, 0.4) is 0 Å². The molecule has 0 unspecified atom stereocenters. The summed E-state index contributed by atoms with van der Waals surface area (Å²) in [4.78, 5) is 0. The van der Waals surface area contributed by atoms with E-state index in [1.54, 1.807) is 12.1 Å². The van der Waals surface area contributed by atoms with Crippen molar-refractivity contribution in [1.82, 2.24) is 0 Å². The van der Waals surface area contributed by atoms with Crippen molar-refractivity contribution in [2.75, 3.05) is 0 Å². The average Bonchev–Trinajstić information content (AvgIpc) is 3.81. The molecule has 9 aromatic rings. The predicted molar refractivity (Wildman–Crippen MR) is 278 cm³/mol. The maximum absolute atomic E-state index is 9.57. The summed E-state index contributed by atoms with van der Waals surface area (Å²) in [7, 11) is 3.40. The van der Waals surface area contributed by atoms with E-state index in [4.69, 9.17) is 0 Å². The Kier molecular flexibility index (Phi) is 19.3. The Labute approximate surface area is 412 Å². The van der Waals surface area contributed by atoms with Gasteiger partial charge in [0.2, 0.25) is 0 Å². The van der Waals surface area contributed by atoms with Crippen LogP contribution in [0.5, 0.6) is 11.5 Å². The third-order valence-corrected chi connectivity index (χ3v) is 11.5. The van der Waals surface area contributed by atoms with Crippen molar-refractivity contribution in [3.05, 3.63) is 227 Å². The van der Waals surface area contributed by atoms with Crippen LogP contribution in [0, 0.1) is 27.7 Å². The van der Waals surface area contributed by atoms with Gasteiger partial charge in [-0.25, -0.2) is 0 Å². The van der Waals surface area contributed by atoms with E-state index in [1.165, 1.54) is 71.6 Å². The van der Waals surface area contributed by atoms with Gasteiger partial charge in [0, 0.05) is 10.2 Å². The molecule has 0 heterocycles. The van der Waals surface area contributed by atoms with Crippen molar-refractivity contribution < 1.29 is 36.4 Å². The van der Waals surface area contributed by atoms with Gasteiger partial charge in [0.15, 0.2) is 0 Å². The Bertz CT molecular complexity index is 2640. The van der Waals surface area contributed by atoms with Crippen molar-refractivity contribution in [2.24, 2.45) is 0 Å². The summed E-state index contributed by atoms with van der Waals surface area (Å²) in [5.74, 6) is 0.793. The fourth-order valence-corrected chi connectivity index (χ4v) is 8.05. The van der Waals surface area contributed by atoms with Gasteiger partial charge in [0.1, 0.15) is 11.5 Å². The van der Waals surface area contributed by atoms with Crippen molar-refractivity contribution in [3.63, 3.8) is 0 Å². The van der Waals surface area contributed by atoms with Crippen LogP contribution in [-0.4, -0.2) is 20.5 Å². The van der Waals surface area contributed by atoms with Gasteiger partial charge in [0.05, 0.1) is 0 Å². The summed E-state index contributed by atoms with van der Waals surface area (Å²) in [5.41, 5.74) is 13.9. The summed E-state index contributed by atoms with van der Waals surface area (Å²) in [6, 6.07) is 65.5. The van der Waals surface area contributed by atoms with Gasteiger partial charge in [-0.3, -0.25) is 0 Å². The minimum Gasteiger partial charge on any atom is -0.508 e. The first-order valence-electron chi connectivity index (χ1n) is 22.2. The fourth-order valence-electron chi connectivity index (χ4n) is 7.81. The summed E-state index contributed by atoms with van der Waals surface area (Å²) in [6.45, 7) is 21.0. The molecule has 0 aliphatic rings. The van der Waals surface area contributed by atoms with E-state index in [-0.39, 0.29) is 37.0 Å². The molecule has 0 saturated heterocycles. The first-order valence-corrected chi connectivity index (χ1v) is 22.9. The first-order chi connectivity index (χ1) is 30.5. The van der Waals surface area contributed by atoms with Crippen LogP contribution in [-0.2, 0) is 43.1 Å². The molecule has 65 heavy (non-hydrogen) atoms. The number of hydrogen-bond acceptors (Lipinski definition) is 2. The zero-order valence-corrected chi connectivity index (χ0v) is 43.5. The zero-order valence-electron chi connectivity index (χ0n) is 40.0. The molecule has 0 fully saturated rings. The van der Waals surface area contributed by atoms with E-state index in [0.29, 0.717) is 11.5 Å². The monoisotopic (exact) mass is 947 g/mol. The zero-order chi connectivity index (χ0) is 46.4. The van der Waals surface area contributed by atoms with Gasteiger partial charge < -0.3 is 10.2 Å². The molecule has 2 nitrogen and oxygen atoms in total.